The fourth-order valence-corrected chi connectivity index (χ4v) is 1.57. The van der Waals surface area contributed by atoms with Crippen molar-refractivity contribution in [3.63, 3.8) is 0 Å². The molecular weight excluding hydrogens is 202 g/mol. The number of hydrogen-bond donors (Lipinski definition) is 2. The van der Waals surface area contributed by atoms with Gasteiger partial charge in [0.05, 0.1) is 23.3 Å². The Hall–Kier alpha value is -2.01. The molecule has 1 aromatic heterocycles. The number of hydrazine groups is 1. The summed E-state index contributed by atoms with van der Waals surface area (Å²) in [5.74, 6) is 5.98. The maximum absolute atomic E-state index is 5.98. The van der Waals surface area contributed by atoms with Crippen molar-refractivity contribution in [1.82, 2.24) is 9.78 Å². The maximum Gasteiger partial charge on any atom is 0.0955 e. The van der Waals surface area contributed by atoms with E-state index in [1.807, 2.05) is 38.4 Å². The van der Waals surface area contributed by atoms with Crippen molar-refractivity contribution in [1.29, 1.82) is 0 Å². The second-order valence-corrected chi connectivity index (χ2v) is 3.80. The van der Waals surface area contributed by atoms with Crippen LogP contribution in [0.15, 0.2) is 30.6 Å². The van der Waals surface area contributed by atoms with Gasteiger partial charge in [0.25, 0.3) is 0 Å². The molecule has 16 heavy (non-hydrogen) atoms. The molecule has 0 unspecified atom stereocenters. The maximum atomic E-state index is 5.98. The van der Waals surface area contributed by atoms with Crippen LogP contribution in [0.2, 0.25) is 0 Å². The van der Waals surface area contributed by atoms with Gasteiger partial charge >= 0.3 is 0 Å². The smallest absolute Gasteiger partial charge is 0.0955 e. The lowest BCUT2D eigenvalue weighted by Crippen LogP contribution is -2.25. The highest BCUT2D eigenvalue weighted by Gasteiger charge is 2.09. The first kappa shape index (κ1) is 10.5. The Morgan fingerprint density at radius 3 is 2.69 bits per heavy atom. The highest BCUT2D eigenvalue weighted by Crippen LogP contribution is 2.27. The second-order valence-electron chi connectivity index (χ2n) is 3.80. The van der Waals surface area contributed by atoms with E-state index in [4.69, 9.17) is 11.6 Å². The Bertz CT molecular complexity index is 503. The molecule has 2 aromatic rings. The van der Waals surface area contributed by atoms with Crippen molar-refractivity contribution in [3.8, 4) is 0 Å². The van der Waals surface area contributed by atoms with E-state index in [0.29, 0.717) is 5.69 Å². The van der Waals surface area contributed by atoms with Crippen LogP contribution in [-0.2, 0) is 7.05 Å². The monoisotopic (exact) mass is 217 g/mol. The van der Waals surface area contributed by atoms with Crippen LogP contribution in [0.3, 0.4) is 0 Å². The topological polar surface area (TPSA) is 73.1 Å². The fraction of sp³-hybridized carbons (Fsp3) is 0.182. The van der Waals surface area contributed by atoms with Crippen molar-refractivity contribution >= 4 is 17.1 Å². The number of benzene rings is 1. The highest BCUT2D eigenvalue weighted by molar-refractivity contribution is 5.73. The number of nitrogens with zero attached hydrogens (tertiary/aromatic N) is 3. The molecule has 0 saturated heterocycles. The van der Waals surface area contributed by atoms with Gasteiger partial charge < -0.3 is 5.73 Å². The summed E-state index contributed by atoms with van der Waals surface area (Å²) < 4.78 is 1.69. The molecule has 5 nitrogen and oxygen atoms in total. The Balaban J connectivity index is 2.37. The normalized spacial score (nSPS) is 10.4. The quantitative estimate of drug-likeness (QED) is 0.452. The zero-order chi connectivity index (χ0) is 11.7. The van der Waals surface area contributed by atoms with Gasteiger partial charge in [-0.3, -0.25) is 9.69 Å². The van der Waals surface area contributed by atoms with Crippen LogP contribution in [0.4, 0.5) is 17.1 Å². The molecule has 0 fully saturated rings. The zero-order valence-corrected chi connectivity index (χ0v) is 9.38. The van der Waals surface area contributed by atoms with Crippen LogP contribution in [-0.4, -0.2) is 9.78 Å². The fourth-order valence-electron chi connectivity index (χ4n) is 1.57. The Labute approximate surface area is 94.2 Å². The summed E-state index contributed by atoms with van der Waals surface area (Å²) in [5.41, 5.74) is 9.27. The molecule has 4 N–H and O–H groups in total. The van der Waals surface area contributed by atoms with Crippen LogP contribution in [0.25, 0.3) is 0 Å². The SMILES string of the molecule is Cc1ccc(N(N)c2cnn(C)c2)c(N)c1. The van der Waals surface area contributed by atoms with E-state index in [-0.39, 0.29) is 0 Å². The van der Waals surface area contributed by atoms with Crippen molar-refractivity contribution in [2.24, 2.45) is 12.9 Å². The first-order chi connectivity index (χ1) is 7.58. The lowest BCUT2D eigenvalue weighted by atomic mass is 10.2. The lowest BCUT2D eigenvalue weighted by molar-refractivity contribution is 0.767. The number of nitrogens with two attached hydrogens (primary N) is 2. The summed E-state index contributed by atoms with van der Waals surface area (Å²) in [4.78, 5) is 0. The lowest BCUT2D eigenvalue weighted by Gasteiger charge is -2.18. The predicted octanol–water partition coefficient (Wildman–Crippen LogP) is 1.32. The van der Waals surface area contributed by atoms with E-state index in [0.717, 1.165) is 16.9 Å². The van der Waals surface area contributed by atoms with E-state index in [9.17, 15) is 0 Å². The summed E-state index contributed by atoms with van der Waals surface area (Å²) in [7, 11) is 1.84. The first-order valence-corrected chi connectivity index (χ1v) is 4.97. The minimum atomic E-state index is 0.659. The Morgan fingerprint density at radius 2 is 2.12 bits per heavy atom. The van der Waals surface area contributed by atoms with Gasteiger partial charge in [-0.1, -0.05) is 6.07 Å². The van der Waals surface area contributed by atoms with Crippen molar-refractivity contribution in [2.75, 3.05) is 10.7 Å². The van der Waals surface area contributed by atoms with Crippen molar-refractivity contribution < 1.29 is 0 Å². The Morgan fingerprint density at radius 1 is 1.38 bits per heavy atom. The number of anilines is 3. The summed E-state index contributed by atoms with van der Waals surface area (Å²) in [6.07, 6.45) is 3.53. The molecule has 0 aliphatic heterocycles. The largest absolute Gasteiger partial charge is 0.397 e. The molecular formula is C11H15N5. The van der Waals surface area contributed by atoms with Gasteiger partial charge in [-0.25, -0.2) is 5.84 Å². The standard InChI is InChI=1S/C11H15N5/c1-8-3-4-11(10(12)5-8)16(13)9-6-14-15(2)7-9/h3-7H,12-13H2,1-2H3. The second kappa shape index (κ2) is 3.86. The molecule has 2 rings (SSSR count). The predicted molar refractivity (Wildman–Crippen MR) is 65.1 cm³/mol. The van der Waals surface area contributed by atoms with Gasteiger partial charge in [0, 0.05) is 13.2 Å². The van der Waals surface area contributed by atoms with E-state index >= 15 is 0 Å². The number of nitrogen functional groups attached to an aromatic ring is 1. The van der Waals surface area contributed by atoms with Crippen molar-refractivity contribution in [2.45, 2.75) is 6.92 Å². The van der Waals surface area contributed by atoms with Crippen LogP contribution in [0.5, 0.6) is 0 Å². The highest BCUT2D eigenvalue weighted by atomic mass is 15.4. The molecule has 0 atom stereocenters. The van der Waals surface area contributed by atoms with E-state index in [1.165, 1.54) is 5.01 Å². The minimum Gasteiger partial charge on any atom is -0.397 e. The van der Waals surface area contributed by atoms with Gasteiger partial charge in [-0.15, -0.1) is 0 Å². The number of aryl methyl sites for hydroxylation is 2. The third-order valence-electron chi connectivity index (χ3n) is 2.41. The molecule has 0 aliphatic carbocycles. The van der Waals surface area contributed by atoms with Crippen LogP contribution < -0.4 is 16.6 Å². The van der Waals surface area contributed by atoms with E-state index in [1.54, 1.807) is 10.9 Å². The molecule has 1 aromatic carbocycles. The van der Waals surface area contributed by atoms with E-state index < -0.39 is 0 Å². The zero-order valence-electron chi connectivity index (χ0n) is 9.38. The molecule has 0 spiro atoms. The van der Waals surface area contributed by atoms with Gasteiger partial charge in [0.15, 0.2) is 0 Å². The van der Waals surface area contributed by atoms with Crippen LogP contribution >= 0.6 is 0 Å². The summed E-state index contributed by atoms with van der Waals surface area (Å²) >= 11 is 0. The summed E-state index contributed by atoms with van der Waals surface area (Å²) in [6, 6.07) is 5.77. The van der Waals surface area contributed by atoms with E-state index in [2.05, 4.69) is 5.10 Å². The third-order valence-corrected chi connectivity index (χ3v) is 2.41. The average molecular weight is 217 g/mol. The molecule has 0 amide bonds. The molecule has 0 saturated carbocycles. The summed E-state index contributed by atoms with van der Waals surface area (Å²) in [6.45, 7) is 1.99. The molecule has 0 bridgehead atoms. The number of rotatable bonds is 2. The third kappa shape index (κ3) is 1.85. The Kier molecular flexibility index (Phi) is 2.54. The number of hydrogen-bond acceptors (Lipinski definition) is 4. The number of aromatic nitrogens is 2. The van der Waals surface area contributed by atoms with Crippen LogP contribution in [0, 0.1) is 6.92 Å². The van der Waals surface area contributed by atoms with Gasteiger partial charge in [-0.05, 0) is 24.6 Å². The van der Waals surface area contributed by atoms with Crippen LogP contribution in [0.1, 0.15) is 5.56 Å². The first-order valence-electron chi connectivity index (χ1n) is 4.97. The van der Waals surface area contributed by atoms with Gasteiger partial charge in [0.1, 0.15) is 0 Å². The summed E-state index contributed by atoms with van der Waals surface area (Å²) in [5, 5.41) is 5.59. The van der Waals surface area contributed by atoms with Crippen molar-refractivity contribution in [3.05, 3.63) is 36.2 Å². The molecule has 0 radical (unpaired) electrons. The molecule has 84 valence electrons. The molecule has 5 heteroatoms. The molecule has 1 heterocycles. The molecule has 0 aliphatic rings. The average Bonchev–Trinajstić information content (AvgIpc) is 2.64. The van der Waals surface area contributed by atoms with Gasteiger partial charge in [-0.2, -0.15) is 5.10 Å². The van der Waals surface area contributed by atoms with Gasteiger partial charge in [0.2, 0.25) is 0 Å². The minimum absolute atomic E-state index is 0.659.